The minimum absolute atomic E-state index is 0.124. The van der Waals surface area contributed by atoms with Crippen LogP contribution in [0.5, 0.6) is 0 Å². The molecule has 118 valence electrons. The molecule has 1 saturated heterocycles. The molecule has 1 fully saturated rings. The molecule has 0 amide bonds. The van der Waals surface area contributed by atoms with Gasteiger partial charge in [0, 0.05) is 11.6 Å². The fourth-order valence-corrected chi connectivity index (χ4v) is 3.63. The summed E-state index contributed by atoms with van der Waals surface area (Å²) in [6.45, 7) is 9.22. The van der Waals surface area contributed by atoms with Crippen molar-refractivity contribution in [1.82, 2.24) is 10.3 Å². The van der Waals surface area contributed by atoms with Crippen molar-refractivity contribution in [2.24, 2.45) is 5.84 Å². The average Bonchev–Trinajstić information content (AvgIpc) is 2.53. The molecule has 0 aromatic heterocycles. The van der Waals surface area contributed by atoms with E-state index in [2.05, 4.69) is 55.4 Å². The van der Waals surface area contributed by atoms with E-state index >= 15 is 0 Å². The van der Waals surface area contributed by atoms with Gasteiger partial charge in [-0.15, -0.1) is 0 Å². The highest BCUT2D eigenvalue weighted by Crippen LogP contribution is 2.29. The van der Waals surface area contributed by atoms with E-state index in [1.54, 1.807) is 0 Å². The summed E-state index contributed by atoms with van der Waals surface area (Å²) >= 11 is 0. The molecule has 0 saturated carbocycles. The molecule has 1 heterocycles. The summed E-state index contributed by atoms with van der Waals surface area (Å²) in [5.74, 6) is 5.95. The third-order valence-electron chi connectivity index (χ3n) is 5.27. The maximum absolute atomic E-state index is 5.95. The molecule has 3 heteroatoms. The maximum atomic E-state index is 5.95. The van der Waals surface area contributed by atoms with Crippen molar-refractivity contribution in [2.45, 2.75) is 64.5 Å². The Labute approximate surface area is 129 Å². The van der Waals surface area contributed by atoms with Crippen LogP contribution in [0.4, 0.5) is 0 Å². The zero-order valence-electron chi connectivity index (χ0n) is 13.9. The van der Waals surface area contributed by atoms with Crippen molar-refractivity contribution in [3.63, 3.8) is 0 Å². The highest BCUT2D eigenvalue weighted by molar-refractivity contribution is 5.24. The molecule has 3 N–H and O–H groups in total. The predicted octanol–water partition coefficient (Wildman–Crippen LogP) is 3.02. The van der Waals surface area contributed by atoms with Gasteiger partial charge in [0.15, 0.2) is 0 Å². The van der Waals surface area contributed by atoms with Crippen molar-refractivity contribution in [3.8, 4) is 0 Å². The number of likely N-dealkylation sites (tertiary alicyclic amines) is 1. The van der Waals surface area contributed by atoms with Gasteiger partial charge in [0.25, 0.3) is 0 Å². The van der Waals surface area contributed by atoms with Crippen LogP contribution in [0.2, 0.25) is 0 Å². The Bertz CT molecular complexity index is 440. The molecule has 0 spiro atoms. The Hall–Kier alpha value is -0.900. The summed E-state index contributed by atoms with van der Waals surface area (Å²) in [4.78, 5) is 2.65. The van der Waals surface area contributed by atoms with E-state index in [9.17, 15) is 0 Å². The molecule has 2 atom stereocenters. The van der Waals surface area contributed by atoms with Crippen molar-refractivity contribution in [2.75, 3.05) is 13.1 Å². The van der Waals surface area contributed by atoms with Crippen LogP contribution < -0.4 is 11.3 Å². The molecular weight excluding hydrogens is 258 g/mol. The number of nitrogens with one attached hydrogen (secondary N) is 1. The standard InChI is InChI=1S/C18H31N3/c1-4-18(3,21-11-6-5-7-12-21)17(20-19)14-16-10-8-9-15(2)13-16/h8-10,13,17,20H,4-7,11-12,14,19H2,1-3H3. The molecule has 0 bridgehead atoms. The predicted molar refractivity (Wildman–Crippen MR) is 90.1 cm³/mol. The van der Waals surface area contributed by atoms with Gasteiger partial charge in [-0.3, -0.25) is 16.2 Å². The second-order valence-corrected chi connectivity index (χ2v) is 6.67. The summed E-state index contributed by atoms with van der Waals surface area (Å²) in [5.41, 5.74) is 5.93. The van der Waals surface area contributed by atoms with Gasteiger partial charge < -0.3 is 0 Å². The topological polar surface area (TPSA) is 41.3 Å². The number of hydrazine groups is 1. The Kier molecular flexibility index (Phi) is 5.80. The van der Waals surface area contributed by atoms with Gasteiger partial charge in [-0.05, 0) is 58.2 Å². The lowest BCUT2D eigenvalue weighted by atomic mass is 9.82. The van der Waals surface area contributed by atoms with E-state index in [1.165, 1.54) is 43.5 Å². The zero-order chi connectivity index (χ0) is 15.3. The van der Waals surface area contributed by atoms with Crippen LogP contribution in [0.3, 0.4) is 0 Å². The van der Waals surface area contributed by atoms with Gasteiger partial charge in [-0.25, -0.2) is 0 Å². The molecule has 3 nitrogen and oxygen atoms in total. The third kappa shape index (κ3) is 3.85. The summed E-state index contributed by atoms with van der Waals surface area (Å²) < 4.78 is 0. The first-order chi connectivity index (χ1) is 10.1. The van der Waals surface area contributed by atoms with Crippen LogP contribution >= 0.6 is 0 Å². The van der Waals surface area contributed by atoms with Gasteiger partial charge in [-0.1, -0.05) is 43.2 Å². The minimum Gasteiger partial charge on any atom is -0.296 e. The molecular formula is C18H31N3. The number of aryl methyl sites for hydroxylation is 1. The molecule has 2 rings (SSSR count). The van der Waals surface area contributed by atoms with E-state index in [0.29, 0.717) is 0 Å². The summed E-state index contributed by atoms with van der Waals surface area (Å²) in [6.07, 6.45) is 6.11. The van der Waals surface area contributed by atoms with Gasteiger partial charge in [-0.2, -0.15) is 0 Å². The summed E-state index contributed by atoms with van der Waals surface area (Å²) in [7, 11) is 0. The van der Waals surface area contributed by atoms with Gasteiger partial charge in [0.05, 0.1) is 0 Å². The van der Waals surface area contributed by atoms with E-state index < -0.39 is 0 Å². The monoisotopic (exact) mass is 289 g/mol. The van der Waals surface area contributed by atoms with Crippen molar-refractivity contribution >= 4 is 0 Å². The van der Waals surface area contributed by atoms with Gasteiger partial charge in [0.1, 0.15) is 0 Å². The van der Waals surface area contributed by atoms with E-state index in [1.807, 2.05) is 0 Å². The third-order valence-corrected chi connectivity index (χ3v) is 5.27. The molecule has 1 aliphatic rings. The first-order valence-corrected chi connectivity index (χ1v) is 8.37. The molecule has 1 aromatic carbocycles. The fourth-order valence-electron chi connectivity index (χ4n) is 3.63. The zero-order valence-corrected chi connectivity index (χ0v) is 13.9. The Morgan fingerprint density at radius 2 is 2.00 bits per heavy atom. The molecule has 21 heavy (non-hydrogen) atoms. The number of hydrogen-bond donors (Lipinski definition) is 2. The number of hydrogen-bond acceptors (Lipinski definition) is 3. The van der Waals surface area contributed by atoms with E-state index in [4.69, 9.17) is 5.84 Å². The number of rotatable bonds is 6. The quantitative estimate of drug-likeness (QED) is 0.625. The van der Waals surface area contributed by atoms with Crippen molar-refractivity contribution in [1.29, 1.82) is 0 Å². The molecule has 1 aromatic rings. The van der Waals surface area contributed by atoms with E-state index in [-0.39, 0.29) is 11.6 Å². The number of nitrogens with zero attached hydrogens (tertiary/aromatic N) is 1. The molecule has 0 radical (unpaired) electrons. The number of nitrogens with two attached hydrogens (primary N) is 1. The highest BCUT2D eigenvalue weighted by Gasteiger charge is 2.38. The SMILES string of the molecule is CCC(C)(C(Cc1cccc(C)c1)NN)N1CCCCC1. The van der Waals surface area contributed by atoms with Crippen LogP contribution in [-0.4, -0.2) is 29.6 Å². The Morgan fingerprint density at radius 1 is 1.29 bits per heavy atom. The van der Waals surface area contributed by atoms with Gasteiger partial charge >= 0.3 is 0 Å². The first-order valence-electron chi connectivity index (χ1n) is 8.37. The van der Waals surface area contributed by atoms with Crippen LogP contribution in [0.15, 0.2) is 24.3 Å². The highest BCUT2D eigenvalue weighted by atomic mass is 15.3. The Morgan fingerprint density at radius 3 is 2.57 bits per heavy atom. The average molecular weight is 289 g/mol. The maximum Gasteiger partial charge on any atom is 0.0432 e. The van der Waals surface area contributed by atoms with Crippen molar-refractivity contribution in [3.05, 3.63) is 35.4 Å². The van der Waals surface area contributed by atoms with Gasteiger partial charge in [0.2, 0.25) is 0 Å². The van der Waals surface area contributed by atoms with E-state index in [0.717, 1.165) is 12.8 Å². The lowest BCUT2D eigenvalue weighted by molar-refractivity contribution is 0.0429. The lowest BCUT2D eigenvalue weighted by Gasteiger charge is -2.48. The molecule has 0 aliphatic carbocycles. The summed E-state index contributed by atoms with van der Waals surface area (Å²) in [6, 6.07) is 9.06. The fraction of sp³-hybridized carbons (Fsp3) is 0.667. The second kappa shape index (κ2) is 7.39. The lowest BCUT2D eigenvalue weighted by Crippen LogP contribution is -2.62. The van der Waals surface area contributed by atoms with Crippen LogP contribution in [-0.2, 0) is 6.42 Å². The smallest absolute Gasteiger partial charge is 0.0432 e. The number of benzene rings is 1. The normalized spacial score (nSPS) is 21.0. The van der Waals surface area contributed by atoms with Crippen LogP contribution in [0, 0.1) is 6.92 Å². The molecule has 1 aliphatic heterocycles. The minimum atomic E-state index is 0.124. The van der Waals surface area contributed by atoms with Crippen LogP contribution in [0.25, 0.3) is 0 Å². The largest absolute Gasteiger partial charge is 0.296 e. The van der Waals surface area contributed by atoms with Crippen molar-refractivity contribution < 1.29 is 0 Å². The number of piperidine rings is 1. The second-order valence-electron chi connectivity index (χ2n) is 6.67. The Balaban J connectivity index is 2.16. The summed E-state index contributed by atoms with van der Waals surface area (Å²) in [5, 5.41) is 0. The molecule has 2 unspecified atom stereocenters. The first kappa shape index (κ1) is 16.5. The van der Waals surface area contributed by atoms with Crippen LogP contribution in [0.1, 0.15) is 50.7 Å².